The van der Waals surface area contributed by atoms with Gasteiger partial charge in [0.05, 0.1) is 0 Å². The second kappa shape index (κ2) is 3.79. The van der Waals surface area contributed by atoms with E-state index >= 15 is 0 Å². The van der Waals surface area contributed by atoms with Crippen molar-refractivity contribution < 1.29 is 4.79 Å². The van der Waals surface area contributed by atoms with E-state index in [4.69, 9.17) is 0 Å². The topological polar surface area (TPSA) is 20.3 Å². The first kappa shape index (κ1) is 10.7. The Kier molecular flexibility index (Phi) is 3.12. The van der Waals surface area contributed by atoms with Crippen molar-refractivity contribution in [3.05, 3.63) is 0 Å². The van der Waals surface area contributed by atoms with Gasteiger partial charge in [0.1, 0.15) is 5.78 Å². The molecule has 76 valence electrons. The van der Waals surface area contributed by atoms with Gasteiger partial charge in [-0.15, -0.1) is 0 Å². The lowest BCUT2D eigenvalue weighted by atomic mass is 9.90. The molecule has 0 amide bonds. The molecule has 0 aromatic rings. The summed E-state index contributed by atoms with van der Waals surface area (Å²) >= 11 is 0. The van der Waals surface area contributed by atoms with Crippen LogP contribution in [-0.2, 0) is 4.79 Å². The van der Waals surface area contributed by atoms with Crippen molar-refractivity contribution in [2.75, 3.05) is 7.05 Å². The van der Waals surface area contributed by atoms with Crippen LogP contribution in [0.4, 0.5) is 0 Å². The highest BCUT2D eigenvalue weighted by Crippen LogP contribution is 2.24. The van der Waals surface area contributed by atoms with Gasteiger partial charge in [0.25, 0.3) is 0 Å². The zero-order valence-corrected chi connectivity index (χ0v) is 9.26. The Hall–Kier alpha value is -0.370. The molecular weight excluding hydrogens is 162 g/mol. The van der Waals surface area contributed by atoms with E-state index in [0.29, 0.717) is 11.8 Å². The number of carbonyl (C=O) groups is 1. The molecule has 1 aliphatic carbocycles. The van der Waals surface area contributed by atoms with Gasteiger partial charge < -0.3 is 0 Å². The lowest BCUT2D eigenvalue weighted by Gasteiger charge is -2.40. The van der Waals surface area contributed by atoms with Crippen LogP contribution in [0.25, 0.3) is 0 Å². The van der Waals surface area contributed by atoms with Crippen LogP contribution in [0.1, 0.15) is 46.5 Å². The molecule has 1 saturated carbocycles. The first-order chi connectivity index (χ1) is 5.91. The first-order valence-corrected chi connectivity index (χ1v) is 5.16. The second-order valence-electron chi connectivity index (χ2n) is 5.05. The van der Waals surface area contributed by atoms with Gasteiger partial charge in [0.2, 0.25) is 0 Å². The van der Waals surface area contributed by atoms with Crippen molar-refractivity contribution in [1.82, 2.24) is 4.90 Å². The molecule has 0 N–H and O–H groups in total. The highest BCUT2D eigenvalue weighted by molar-refractivity contribution is 5.79. The van der Waals surface area contributed by atoms with Crippen LogP contribution in [0, 0.1) is 0 Å². The van der Waals surface area contributed by atoms with Crippen molar-refractivity contribution in [3.63, 3.8) is 0 Å². The zero-order valence-electron chi connectivity index (χ0n) is 9.26. The molecule has 0 atom stereocenters. The molecule has 2 nitrogen and oxygen atoms in total. The van der Waals surface area contributed by atoms with Crippen LogP contribution in [0.15, 0.2) is 0 Å². The van der Waals surface area contributed by atoms with Gasteiger partial charge >= 0.3 is 0 Å². The molecule has 0 heterocycles. The van der Waals surface area contributed by atoms with Crippen molar-refractivity contribution in [2.24, 2.45) is 0 Å². The molecule has 0 aliphatic heterocycles. The van der Waals surface area contributed by atoms with Gasteiger partial charge in [-0.05, 0) is 40.7 Å². The summed E-state index contributed by atoms with van der Waals surface area (Å²) in [5.74, 6) is 0.443. The van der Waals surface area contributed by atoms with E-state index in [1.165, 1.54) is 0 Å². The second-order valence-corrected chi connectivity index (χ2v) is 5.05. The molecule has 0 aromatic heterocycles. The van der Waals surface area contributed by atoms with E-state index in [9.17, 15) is 4.79 Å². The molecule has 0 radical (unpaired) electrons. The standard InChI is InChI=1S/C11H21NO/c1-11(2,3)12(4)9-5-7-10(13)8-6-9/h9H,5-8H2,1-4H3. The number of hydrogen-bond donors (Lipinski definition) is 0. The fraction of sp³-hybridized carbons (Fsp3) is 0.909. The maximum absolute atomic E-state index is 11.1. The summed E-state index contributed by atoms with van der Waals surface area (Å²) < 4.78 is 0. The summed E-state index contributed by atoms with van der Waals surface area (Å²) in [5, 5.41) is 0. The third-order valence-electron chi connectivity index (χ3n) is 3.12. The molecule has 2 heteroatoms. The number of Topliss-reactive ketones (excluding diaryl/α,β-unsaturated/α-hetero) is 1. The molecular formula is C11H21NO. The number of carbonyl (C=O) groups excluding carboxylic acids is 1. The summed E-state index contributed by atoms with van der Waals surface area (Å²) in [6.45, 7) is 6.68. The molecule has 1 fully saturated rings. The van der Waals surface area contributed by atoms with Gasteiger partial charge in [-0.1, -0.05) is 0 Å². The van der Waals surface area contributed by atoms with E-state index in [0.717, 1.165) is 25.7 Å². The molecule has 0 unspecified atom stereocenters. The zero-order chi connectivity index (χ0) is 10.1. The maximum atomic E-state index is 11.1. The van der Waals surface area contributed by atoms with Crippen LogP contribution in [-0.4, -0.2) is 29.3 Å². The molecule has 0 spiro atoms. The fourth-order valence-electron chi connectivity index (χ4n) is 1.86. The lowest BCUT2D eigenvalue weighted by Crippen LogP contribution is -2.46. The molecule has 1 aliphatic rings. The number of hydrogen-bond acceptors (Lipinski definition) is 2. The predicted molar refractivity (Wildman–Crippen MR) is 54.8 cm³/mol. The Balaban J connectivity index is 2.49. The number of rotatable bonds is 1. The minimum absolute atomic E-state index is 0.227. The largest absolute Gasteiger partial charge is 0.300 e. The summed E-state index contributed by atoms with van der Waals surface area (Å²) in [4.78, 5) is 13.5. The van der Waals surface area contributed by atoms with Gasteiger partial charge in [0, 0.05) is 24.4 Å². The third-order valence-corrected chi connectivity index (χ3v) is 3.12. The van der Waals surface area contributed by atoms with Crippen molar-refractivity contribution >= 4 is 5.78 Å². The van der Waals surface area contributed by atoms with Crippen LogP contribution >= 0.6 is 0 Å². The van der Waals surface area contributed by atoms with E-state index in [-0.39, 0.29) is 5.54 Å². The molecule has 0 saturated heterocycles. The quantitative estimate of drug-likeness (QED) is 0.621. The highest BCUT2D eigenvalue weighted by atomic mass is 16.1. The minimum Gasteiger partial charge on any atom is -0.300 e. The summed E-state index contributed by atoms with van der Waals surface area (Å²) in [6.07, 6.45) is 3.66. The number of ketones is 1. The fourth-order valence-corrected chi connectivity index (χ4v) is 1.86. The highest BCUT2D eigenvalue weighted by Gasteiger charge is 2.28. The van der Waals surface area contributed by atoms with E-state index in [2.05, 4.69) is 32.7 Å². The van der Waals surface area contributed by atoms with Crippen LogP contribution in [0.5, 0.6) is 0 Å². The van der Waals surface area contributed by atoms with Crippen molar-refractivity contribution in [1.29, 1.82) is 0 Å². The van der Waals surface area contributed by atoms with E-state index < -0.39 is 0 Å². The monoisotopic (exact) mass is 183 g/mol. The Morgan fingerprint density at radius 2 is 1.69 bits per heavy atom. The molecule has 13 heavy (non-hydrogen) atoms. The van der Waals surface area contributed by atoms with Crippen LogP contribution in [0.3, 0.4) is 0 Å². The molecule has 1 rings (SSSR count). The summed E-state index contributed by atoms with van der Waals surface area (Å²) in [7, 11) is 2.17. The Bertz CT molecular complexity index is 183. The SMILES string of the molecule is CN(C1CCC(=O)CC1)C(C)(C)C. The maximum Gasteiger partial charge on any atom is 0.133 e. The van der Waals surface area contributed by atoms with Crippen molar-refractivity contribution in [2.45, 2.75) is 58.0 Å². The minimum atomic E-state index is 0.227. The number of nitrogens with zero attached hydrogens (tertiary/aromatic N) is 1. The Labute approximate surface area is 81.3 Å². The Morgan fingerprint density at radius 3 is 2.08 bits per heavy atom. The normalized spacial score (nSPS) is 21.2. The third kappa shape index (κ3) is 2.80. The Morgan fingerprint density at radius 1 is 1.23 bits per heavy atom. The van der Waals surface area contributed by atoms with Gasteiger partial charge in [-0.3, -0.25) is 9.69 Å². The summed E-state index contributed by atoms with van der Waals surface area (Å²) in [6, 6.07) is 0.609. The van der Waals surface area contributed by atoms with Crippen LogP contribution < -0.4 is 0 Å². The predicted octanol–water partition coefficient (Wildman–Crippen LogP) is 2.23. The smallest absolute Gasteiger partial charge is 0.133 e. The molecule has 0 bridgehead atoms. The van der Waals surface area contributed by atoms with E-state index in [1.54, 1.807) is 0 Å². The first-order valence-electron chi connectivity index (χ1n) is 5.16. The van der Waals surface area contributed by atoms with Gasteiger partial charge in [-0.25, -0.2) is 0 Å². The average molecular weight is 183 g/mol. The lowest BCUT2D eigenvalue weighted by molar-refractivity contribution is -0.121. The van der Waals surface area contributed by atoms with Crippen molar-refractivity contribution in [3.8, 4) is 0 Å². The van der Waals surface area contributed by atoms with Gasteiger partial charge in [0.15, 0.2) is 0 Å². The molecule has 0 aromatic carbocycles. The average Bonchev–Trinajstić information content (AvgIpc) is 2.03. The summed E-state index contributed by atoms with van der Waals surface area (Å²) in [5.41, 5.74) is 0.227. The van der Waals surface area contributed by atoms with Gasteiger partial charge in [-0.2, -0.15) is 0 Å². The van der Waals surface area contributed by atoms with Crippen LogP contribution in [0.2, 0.25) is 0 Å². The van der Waals surface area contributed by atoms with E-state index in [1.807, 2.05) is 0 Å².